The highest BCUT2D eigenvalue weighted by atomic mass is 32.1. The lowest BCUT2D eigenvalue weighted by atomic mass is 9.83. The van der Waals surface area contributed by atoms with Crippen molar-refractivity contribution in [2.75, 3.05) is 46.9 Å². The maximum atomic E-state index is 5.38. The molecule has 0 aromatic carbocycles. The topological polar surface area (TPSA) is 48.9 Å². The summed E-state index contributed by atoms with van der Waals surface area (Å²) in [6, 6.07) is 4.99. The van der Waals surface area contributed by atoms with Gasteiger partial charge in [0.15, 0.2) is 5.96 Å². The Balaban J connectivity index is 1.62. The fourth-order valence-electron chi connectivity index (χ4n) is 5.13. The summed E-state index contributed by atoms with van der Waals surface area (Å²) >= 11 is 1.89. The van der Waals surface area contributed by atoms with E-state index in [1.165, 1.54) is 49.9 Å². The highest BCUT2D eigenvalue weighted by molar-refractivity contribution is 7.10. The van der Waals surface area contributed by atoms with Gasteiger partial charge in [0.25, 0.3) is 0 Å². The van der Waals surface area contributed by atoms with E-state index >= 15 is 0 Å². The van der Waals surface area contributed by atoms with Crippen LogP contribution in [0, 0.1) is 11.3 Å². The van der Waals surface area contributed by atoms with Gasteiger partial charge in [0.2, 0.25) is 0 Å². The number of hydrogen-bond acceptors (Lipinski definition) is 4. The van der Waals surface area contributed by atoms with E-state index in [1.54, 1.807) is 0 Å². The second kappa shape index (κ2) is 11.3. The first-order chi connectivity index (χ1) is 14.2. The van der Waals surface area contributed by atoms with E-state index in [0.717, 1.165) is 38.6 Å². The molecule has 2 aliphatic rings. The number of methoxy groups -OCH3 is 1. The van der Waals surface area contributed by atoms with Crippen LogP contribution in [-0.4, -0.2) is 57.8 Å². The summed E-state index contributed by atoms with van der Waals surface area (Å²) in [5, 5.41) is 9.37. The molecule has 3 rings (SSSR count). The maximum Gasteiger partial charge on any atom is 0.191 e. The van der Waals surface area contributed by atoms with Crippen molar-refractivity contribution in [3.63, 3.8) is 0 Å². The molecule has 2 atom stereocenters. The molecule has 1 aromatic heterocycles. The Morgan fingerprint density at radius 3 is 2.83 bits per heavy atom. The zero-order valence-corrected chi connectivity index (χ0v) is 19.4. The molecule has 0 amide bonds. The van der Waals surface area contributed by atoms with Crippen LogP contribution in [0.1, 0.15) is 62.8 Å². The summed E-state index contributed by atoms with van der Waals surface area (Å²) in [4.78, 5) is 9.06. The maximum absolute atomic E-state index is 5.38. The van der Waals surface area contributed by atoms with Crippen molar-refractivity contribution in [2.45, 2.75) is 57.9 Å². The lowest BCUT2D eigenvalue weighted by Gasteiger charge is -2.39. The molecule has 1 aliphatic carbocycles. The minimum atomic E-state index is 0.336. The largest absolute Gasteiger partial charge is 0.385 e. The predicted octanol–water partition coefficient (Wildman–Crippen LogP) is 4.28. The molecule has 2 unspecified atom stereocenters. The minimum absolute atomic E-state index is 0.336. The molecule has 0 bridgehead atoms. The van der Waals surface area contributed by atoms with E-state index in [1.807, 2.05) is 18.4 Å². The van der Waals surface area contributed by atoms with Gasteiger partial charge in [0, 0.05) is 44.3 Å². The Labute approximate surface area is 181 Å². The van der Waals surface area contributed by atoms with E-state index in [2.05, 4.69) is 47.0 Å². The molecule has 1 saturated carbocycles. The molecular formula is C23H40N4OS. The summed E-state index contributed by atoms with van der Waals surface area (Å²) in [6.45, 7) is 6.96. The summed E-state index contributed by atoms with van der Waals surface area (Å²) in [6.07, 6.45) is 8.91. The van der Waals surface area contributed by atoms with Crippen LogP contribution in [0.4, 0.5) is 0 Å². The quantitative estimate of drug-likeness (QED) is 0.462. The number of aliphatic imine (C=N–C) groups is 1. The highest BCUT2D eigenvalue weighted by Crippen LogP contribution is 2.41. The molecule has 0 radical (unpaired) electrons. The van der Waals surface area contributed by atoms with Crippen LogP contribution in [-0.2, 0) is 4.74 Å². The van der Waals surface area contributed by atoms with Crippen molar-refractivity contribution in [3.8, 4) is 0 Å². The van der Waals surface area contributed by atoms with Gasteiger partial charge >= 0.3 is 0 Å². The Kier molecular flexibility index (Phi) is 8.82. The molecule has 0 spiro atoms. The third kappa shape index (κ3) is 6.19. The van der Waals surface area contributed by atoms with Crippen molar-refractivity contribution >= 4 is 17.3 Å². The van der Waals surface area contributed by atoms with Crippen LogP contribution in [0.15, 0.2) is 22.5 Å². The summed E-state index contributed by atoms with van der Waals surface area (Å²) in [7, 11) is 4.08. The number of rotatable bonds is 9. The molecule has 1 saturated heterocycles. The second-order valence-corrected chi connectivity index (χ2v) is 9.85. The third-order valence-corrected chi connectivity index (χ3v) is 7.73. The van der Waals surface area contributed by atoms with E-state index in [4.69, 9.17) is 9.73 Å². The van der Waals surface area contributed by atoms with E-state index in [0.29, 0.717) is 17.4 Å². The van der Waals surface area contributed by atoms with Gasteiger partial charge in [-0.05, 0) is 75.4 Å². The Morgan fingerprint density at radius 2 is 2.14 bits per heavy atom. The zero-order chi connectivity index (χ0) is 20.5. The predicted molar refractivity (Wildman–Crippen MR) is 124 cm³/mol. The van der Waals surface area contributed by atoms with Gasteiger partial charge in [0.1, 0.15) is 0 Å². The van der Waals surface area contributed by atoms with Gasteiger partial charge in [0.05, 0.1) is 0 Å². The molecule has 2 fully saturated rings. The van der Waals surface area contributed by atoms with Crippen molar-refractivity contribution in [2.24, 2.45) is 16.3 Å². The van der Waals surface area contributed by atoms with Crippen LogP contribution < -0.4 is 10.6 Å². The molecule has 1 aliphatic heterocycles. The van der Waals surface area contributed by atoms with Crippen LogP contribution in [0.25, 0.3) is 0 Å². The summed E-state index contributed by atoms with van der Waals surface area (Å²) in [5.74, 6) is 1.60. The number of nitrogens with one attached hydrogen (secondary N) is 2. The number of guanidine groups is 1. The zero-order valence-electron chi connectivity index (χ0n) is 18.6. The van der Waals surface area contributed by atoms with Gasteiger partial charge in [-0.15, -0.1) is 11.3 Å². The van der Waals surface area contributed by atoms with Gasteiger partial charge < -0.3 is 15.4 Å². The first-order valence-electron chi connectivity index (χ1n) is 11.4. The van der Waals surface area contributed by atoms with Crippen LogP contribution in [0.2, 0.25) is 0 Å². The molecule has 5 nitrogen and oxygen atoms in total. The Hall–Kier alpha value is -1.11. The fraction of sp³-hybridized carbons (Fsp3) is 0.783. The molecule has 6 heteroatoms. The van der Waals surface area contributed by atoms with E-state index in [9.17, 15) is 0 Å². The minimum Gasteiger partial charge on any atom is -0.385 e. The molecule has 1 aromatic rings. The first-order valence-corrected chi connectivity index (χ1v) is 12.3. The molecule has 2 heterocycles. The van der Waals surface area contributed by atoms with E-state index < -0.39 is 0 Å². The number of hydrogen-bond donors (Lipinski definition) is 2. The number of piperidine rings is 1. The van der Waals surface area contributed by atoms with Crippen LogP contribution >= 0.6 is 11.3 Å². The molecule has 2 N–H and O–H groups in total. The highest BCUT2D eigenvalue weighted by Gasteiger charge is 2.34. The van der Waals surface area contributed by atoms with Crippen molar-refractivity contribution in [1.29, 1.82) is 0 Å². The van der Waals surface area contributed by atoms with Gasteiger partial charge in [-0.1, -0.05) is 18.9 Å². The molecular weight excluding hydrogens is 380 g/mol. The lowest BCUT2D eigenvalue weighted by Crippen LogP contribution is -2.45. The standard InChI is InChI=1S/C23H40N4OS/c1-4-24-22(26-18-23(13-15-28-3)11-5-6-12-23)25-17-19-9-7-14-27(2)21(19)20-10-8-16-29-20/h8,10,16,19,21H,4-7,9,11-15,17-18H2,1-3H3,(H2,24,25,26). The monoisotopic (exact) mass is 420 g/mol. The number of ether oxygens (including phenoxy) is 1. The second-order valence-electron chi connectivity index (χ2n) is 8.87. The van der Waals surface area contributed by atoms with Crippen molar-refractivity contribution in [3.05, 3.63) is 22.4 Å². The number of nitrogens with zero attached hydrogens (tertiary/aromatic N) is 2. The first kappa shape index (κ1) is 22.6. The van der Waals surface area contributed by atoms with Gasteiger partial charge in [-0.25, -0.2) is 0 Å². The van der Waals surface area contributed by atoms with Crippen molar-refractivity contribution < 1.29 is 4.74 Å². The summed E-state index contributed by atoms with van der Waals surface area (Å²) in [5.41, 5.74) is 0.336. The van der Waals surface area contributed by atoms with Gasteiger partial charge in [-0.3, -0.25) is 9.89 Å². The SMILES string of the molecule is CCNC(=NCC1(CCOC)CCCC1)NCC1CCCN(C)C1c1cccs1. The average molecular weight is 421 g/mol. The molecule has 164 valence electrons. The van der Waals surface area contributed by atoms with Gasteiger partial charge in [-0.2, -0.15) is 0 Å². The lowest BCUT2D eigenvalue weighted by molar-refractivity contribution is 0.125. The Morgan fingerprint density at radius 1 is 1.31 bits per heavy atom. The number of likely N-dealkylation sites (tertiary alicyclic amines) is 1. The summed E-state index contributed by atoms with van der Waals surface area (Å²) < 4.78 is 5.38. The van der Waals surface area contributed by atoms with Crippen LogP contribution in [0.3, 0.4) is 0 Å². The van der Waals surface area contributed by atoms with Crippen LogP contribution in [0.5, 0.6) is 0 Å². The smallest absolute Gasteiger partial charge is 0.191 e. The third-order valence-electron chi connectivity index (χ3n) is 6.79. The number of thiophene rings is 1. The van der Waals surface area contributed by atoms with E-state index in [-0.39, 0.29) is 0 Å². The Bertz CT molecular complexity index is 612. The normalized spacial score (nSPS) is 25.3. The molecule has 29 heavy (non-hydrogen) atoms. The fourth-order valence-corrected chi connectivity index (χ4v) is 6.11. The van der Waals surface area contributed by atoms with Crippen molar-refractivity contribution in [1.82, 2.24) is 15.5 Å². The average Bonchev–Trinajstić information content (AvgIpc) is 3.41.